The summed E-state index contributed by atoms with van der Waals surface area (Å²) in [5, 5.41) is 30.0. The predicted octanol–water partition coefficient (Wildman–Crippen LogP) is 1.83. The van der Waals surface area contributed by atoms with E-state index in [0.717, 1.165) is 0 Å². The Morgan fingerprint density at radius 1 is 1.22 bits per heavy atom. The highest BCUT2D eigenvalue weighted by Gasteiger charge is 2.40. The summed E-state index contributed by atoms with van der Waals surface area (Å²) in [4.78, 5) is 37.3. The van der Waals surface area contributed by atoms with Gasteiger partial charge in [0, 0.05) is 11.8 Å². The van der Waals surface area contributed by atoms with Crippen molar-refractivity contribution in [3.05, 3.63) is 45.0 Å². The van der Waals surface area contributed by atoms with E-state index in [1.54, 1.807) is 19.9 Å². The first kappa shape index (κ1) is 16.3. The number of allylic oxidation sites excluding steroid dienone is 1. The number of hydrogen-bond donors (Lipinski definition) is 2. The third-order valence-corrected chi connectivity index (χ3v) is 3.87. The topological polar surface area (TPSA) is 130 Å². The minimum absolute atomic E-state index is 0.0645. The molecule has 0 amide bonds. The number of nitro benzene ring substituents is 1. The molecule has 0 aromatic heterocycles. The molecule has 2 N–H and O–H groups in total. The van der Waals surface area contributed by atoms with E-state index in [0.29, 0.717) is 11.1 Å². The van der Waals surface area contributed by atoms with Crippen LogP contribution in [0.2, 0.25) is 0 Å². The third-order valence-electron chi connectivity index (χ3n) is 3.87. The van der Waals surface area contributed by atoms with Crippen LogP contribution < -0.4 is 0 Å². The van der Waals surface area contributed by atoms with E-state index < -0.39 is 28.8 Å². The summed E-state index contributed by atoms with van der Waals surface area (Å²) < 4.78 is 0. The predicted molar refractivity (Wildman–Crippen MR) is 81.6 cm³/mol. The van der Waals surface area contributed by atoms with Crippen LogP contribution in [-0.2, 0) is 9.59 Å². The van der Waals surface area contributed by atoms with E-state index >= 15 is 0 Å². The number of rotatable bonds is 4. The maximum absolute atomic E-state index is 11.5. The van der Waals surface area contributed by atoms with Crippen LogP contribution in [0.1, 0.15) is 16.7 Å². The fourth-order valence-electron chi connectivity index (χ4n) is 2.58. The van der Waals surface area contributed by atoms with E-state index in [9.17, 15) is 24.8 Å². The van der Waals surface area contributed by atoms with Crippen LogP contribution in [-0.4, -0.2) is 39.3 Å². The van der Waals surface area contributed by atoms with Gasteiger partial charge >= 0.3 is 11.9 Å². The van der Waals surface area contributed by atoms with Crippen molar-refractivity contribution < 1.29 is 24.7 Å². The molecule has 120 valence electrons. The van der Waals surface area contributed by atoms with Crippen LogP contribution in [0.3, 0.4) is 0 Å². The van der Waals surface area contributed by atoms with Crippen LogP contribution in [0.5, 0.6) is 0 Å². The second-order valence-electron chi connectivity index (χ2n) is 5.18. The first-order valence-electron chi connectivity index (χ1n) is 6.69. The normalized spacial score (nSPS) is 20.0. The number of aliphatic imine (C=N–C) groups is 1. The van der Waals surface area contributed by atoms with Crippen molar-refractivity contribution >= 4 is 29.4 Å². The molecule has 0 saturated heterocycles. The van der Waals surface area contributed by atoms with Gasteiger partial charge in [-0.3, -0.25) is 19.9 Å². The summed E-state index contributed by atoms with van der Waals surface area (Å²) in [6.07, 6.45) is 2.49. The summed E-state index contributed by atoms with van der Waals surface area (Å²) in [5.41, 5.74) is 1.04. The smallest absolute Gasteiger partial charge is 0.329 e. The zero-order valence-corrected chi connectivity index (χ0v) is 12.4. The summed E-state index contributed by atoms with van der Waals surface area (Å²) >= 11 is 0. The molecular weight excluding hydrogens is 304 g/mol. The number of nitrogens with zero attached hydrogens (tertiary/aromatic N) is 2. The summed E-state index contributed by atoms with van der Waals surface area (Å²) in [6.45, 7) is 3.27. The van der Waals surface area contributed by atoms with E-state index in [1.807, 2.05) is 0 Å². The van der Waals surface area contributed by atoms with Gasteiger partial charge in [-0.05, 0) is 37.1 Å². The standard InChI is InChI=1S/C15H14N2O6/c1-7-3-4-10(13(8(7)2)17(22)23)9-5-6-16-12(15(20)21)11(9)14(18)19/h3-6,11-12H,1-2H3,(H,18,19)(H,20,21). The van der Waals surface area contributed by atoms with Gasteiger partial charge in [-0.2, -0.15) is 0 Å². The molecule has 0 fully saturated rings. The lowest BCUT2D eigenvalue weighted by Gasteiger charge is -2.23. The Hall–Kier alpha value is -3.03. The van der Waals surface area contributed by atoms with Gasteiger partial charge in [0.15, 0.2) is 6.04 Å². The van der Waals surface area contributed by atoms with Crippen molar-refractivity contribution in [1.82, 2.24) is 0 Å². The van der Waals surface area contributed by atoms with Gasteiger partial charge in [-0.1, -0.05) is 6.07 Å². The molecule has 2 rings (SSSR count). The minimum Gasteiger partial charge on any atom is -0.481 e. The molecule has 0 saturated carbocycles. The van der Waals surface area contributed by atoms with Gasteiger partial charge < -0.3 is 10.2 Å². The number of dihydropyridines is 1. The quantitative estimate of drug-likeness (QED) is 0.643. The van der Waals surface area contributed by atoms with Crippen molar-refractivity contribution in [2.24, 2.45) is 10.9 Å². The Morgan fingerprint density at radius 2 is 1.87 bits per heavy atom. The highest BCUT2D eigenvalue weighted by molar-refractivity contribution is 6.02. The largest absolute Gasteiger partial charge is 0.481 e. The lowest BCUT2D eigenvalue weighted by molar-refractivity contribution is -0.385. The molecule has 1 aliphatic heterocycles. The lowest BCUT2D eigenvalue weighted by Crippen LogP contribution is -2.36. The second kappa shape index (κ2) is 5.99. The average Bonchev–Trinajstić information content (AvgIpc) is 2.48. The maximum Gasteiger partial charge on any atom is 0.329 e. The molecule has 2 unspecified atom stereocenters. The summed E-state index contributed by atoms with van der Waals surface area (Å²) in [7, 11) is 0. The fraction of sp³-hybridized carbons (Fsp3) is 0.267. The van der Waals surface area contributed by atoms with Gasteiger partial charge in [0.25, 0.3) is 5.69 Å². The Bertz CT molecular complexity index is 765. The molecule has 1 aliphatic rings. The van der Waals surface area contributed by atoms with Crippen molar-refractivity contribution in [2.75, 3.05) is 0 Å². The van der Waals surface area contributed by atoms with Crippen LogP contribution in [0.25, 0.3) is 5.57 Å². The third kappa shape index (κ3) is 2.83. The molecule has 23 heavy (non-hydrogen) atoms. The Labute approximate surface area is 130 Å². The number of benzene rings is 1. The van der Waals surface area contributed by atoms with Gasteiger partial charge in [0.2, 0.25) is 0 Å². The van der Waals surface area contributed by atoms with Crippen molar-refractivity contribution in [2.45, 2.75) is 19.9 Å². The molecule has 1 aromatic rings. The van der Waals surface area contributed by atoms with Gasteiger partial charge in [-0.15, -0.1) is 0 Å². The van der Waals surface area contributed by atoms with Crippen molar-refractivity contribution in [3.63, 3.8) is 0 Å². The first-order chi connectivity index (χ1) is 10.8. The minimum atomic E-state index is -1.52. The lowest BCUT2D eigenvalue weighted by atomic mass is 9.83. The van der Waals surface area contributed by atoms with E-state index in [1.165, 1.54) is 18.4 Å². The molecule has 8 nitrogen and oxygen atoms in total. The highest BCUT2D eigenvalue weighted by Crippen LogP contribution is 2.38. The zero-order chi connectivity index (χ0) is 17.3. The molecule has 8 heteroatoms. The van der Waals surface area contributed by atoms with Gasteiger partial charge in [0.05, 0.1) is 10.5 Å². The first-order valence-corrected chi connectivity index (χ1v) is 6.69. The van der Waals surface area contributed by atoms with Crippen LogP contribution in [0.15, 0.2) is 23.2 Å². The van der Waals surface area contributed by atoms with E-state index in [2.05, 4.69) is 4.99 Å². The number of nitro groups is 1. The van der Waals surface area contributed by atoms with Crippen LogP contribution in [0.4, 0.5) is 5.69 Å². The molecule has 0 aliphatic carbocycles. The van der Waals surface area contributed by atoms with Crippen LogP contribution >= 0.6 is 0 Å². The Balaban J connectivity index is 2.69. The molecular formula is C15H14N2O6. The number of aliphatic carboxylic acids is 2. The highest BCUT2D eigenvalue weighted by atomic mass is 16.6. The average molecular weight is 318 g/mol. The Kier molecular flexibility index (Phi) is 4.26. The molecule has 2 atom stereocenters. The number of aryl methyl sites for hydroxylation is 1. The maximum atomic E-state index is 11.5. The molecule has 0 bridgehead atoms. The number of hydrogen-bond acceptors (Lipinski definition) is 5. The second-order valence-corrected chi connectivity index (χ2v) is 5.18. The zero-order valence-electron chi connectivity index (χ0n) is 12.4. The fourth-order valence-corrected chi connectivity index (χ4v) is 2.58. The number of carboxylic acid groups (broad SMARTS) is 2. The van der Waals surface area contributed by atoms with E-state index in [4.69, 9.17) is 5.11 Å². The molecule has 1 aromatic carbocycles. The Morgan fingerprint density at radius 3 is 2.39 bits per heavy atom. The molecule has 1 heterocycles. The summed E-state index contributed by atoms with van der Waals surface area (Å²) in [6, 6.07) is 1.56. The van der Waals surface area contributed by atoms with Crippen LogP contribution in [0, 0.1) is 29.9 Å². The van der Waals surface area contributed by atoms with E-state index in [-0.39, 0.29) is 16.8 Å². The number of carboxylic acids is 2. The van der Waals surface area contributed by atoms with Crippen molar-refractivity contribution in [1.29, 1.82) is 0 Å². The monoisotopic (exact) mass is 318 g/mol. The number of carbonyl (C=O) groups is 2. The van der Waals surface area contributed by atoms with Crippen molar-refractivity contribution in [3.8, 4) is 0 Å². The SMILES string of the molecule is Cc1ccc(C2=CC=NC(C(=O)O)C2C(=O)O)c([N+](=O)[O-])c1C. The molecule has 0 spiro atoms. The summed E-state index contributed by atoms with van der Waals surface area (Å²) in [5.74, 6) is -4.28. The molecule has 0 radical (unpaired) electrons. The van der Waals surface area contributed by atoms with Gasteiger partial charge in [-0.25, -0.2) is 4.79 Å². The van der Waals surface area contributed by atoms with Gasteiger partial charge in [0.1, 0.15) is 5.92 Å².